The molecule has 28 heavy (non-hydrogen) atoms. The van der Waals surface area contributed by atoms with Crippen LogP contribution in [0.2, 0.25) is 0 Å². The number of hydrogen-bond acceptors (Lipinski definition) is 4. The Balaban J connectivity index is 2.07. The molecular formula is C22H26N4OS. The van der Waals surface area contributed by atoms with Gasteiger partial charge in [-0.2, -0.15) is 0 Å². The Kier molecular flexibility index (Phi) is 4.70. The van der Waals surface area contributed by atoms with E-state index in [1.54, 1.807) is 16.2 Å². The van der Waals surface area contributed by atoms with Gasteiger partial charge in [-0.05, 0) is 25.3 Å². The standard InChI is InChI=1S/C22H26N4OS/c1-6-11-28-21-24-25(13-14(2)3)20-23-18-16-10-8-7-9-15(16)12-22(4,5)17(18)19(27)26(20)21/h7-10H,2,6,11-13H2,1,3-5H3. The summed E-state index contributed by atoms with van der Waals surface area (Å²) in [7, 11) is 0. The van der Waals surface area contributed by atoms with Gasteiger partial charge in [0.05, 0.1) is 17.8 Å². The smallest absolute Gasteiger partial charge is 0.265 e. The van der Waals surface area contributed by atoms with Crippen LogP contribution in [0.25, 0.3) is 17.0 Å². The van der Waals surface area contributed by atoms with Crippen molar-refractivity contribution in [2.45, 2.75) is 57.7 Å². The maximum atomic E-state index is 13.7. The number of nitrogens with zero attached hydrogens (tertiary/aromatic N) is 4. The SMILES string of the molecule is C=C(C)Cn1nc(SCCC)n2c(=O)c3c(nc12)-c1ccccc1CC3(C)C. The highest BCUT2D eigenvalue weighted by Gasteiger charge is 2.36. The molecule has 0 radical (unpaired) electrons. The topological polar surface area (TPSA) is 52.2 Å². The maximum Gasteiger partial charge on any atom is 0.265 e. The van der Waals surface area contributed by atoms with Gasteiger partial charge < -0.3 is 0 Å². The van der Waals surface area contributed by atoms with E-state index < -0.39 is 0 Å². The molecule has 0 fully saturated rings. The minimum atomic E-state index is -0.280. The third kappa shape index (κ3) is 3.00. The van der Waals surface area contributed by atoms with Gasteiger partial charge in [-0.15, -0.1) is 5.10 Å². The van der Waals surface area contributed by atoms with E-state index in [0.717, 1.165) is 41.0 Å². The van der Waals surface area contributed by atoms with Crippen LogP contribution in [-0.2, 0) is 18.4 Å². The highest BCUT2D eigenvalue weighted by Crippen LogP contribution is 2.40. The molecule has 2 aromatic heterocycles. The van der Waals surface area contributed by atoms with Crippen molar-refractivity contribution in [3.05, 3.63) is 57.9 Å². The molecule has 0 unspecified atom stereocenters. The Morgan fingerprint density at radius 2 is 2.07 bits per heavy atom. The fourth-order valence-electron chi connectivity index (χ4n) is 3.97. The lowest BCUT2D eigenvalue weighted by molar-refractivity contribution is 0.505. The molecule has 1 aliphatic carbocycles. The lowest BCUT2D eigenvalue weighted by Gasteiger charge is -2.32. The van der Waals surface area contributed by atoms with Crippen molar-refractivity contribution in [1.29, 1.82) is 0 Å². The van der Waals surface area contributed by atoms with Gasteiger partial charge in [-0.25, -0.2) is 14.1 Å². The summed E-state index contributed by atoms with van der Waals surface area (Å²) in [6, 6.07) is 8.27. The second-order valence-corrected chi connectivity index (χ2v) is 9.30. The summed E-state index contributed by atoms with van der Waals surface area (Å²) >= 11 is 1.61. The van der Waals surface area contributed by atoms with Crippen molar-refractivity contribution < 1.29 is 0 Å². The molecule has 2 heterocycles. The molecule has 0 saturated heterocycles. The van der Waals surface area contributed by atoms with Gasteiger partial charge in [-0.3, -0.25) is 4.79 Å². The minimum absolute atomic E-state index is 0.00562. The molecule has 6 heteroatoms. The van der Waals surface area contributed by atoms with Gasteiger partial charge in [0.2, 0.25) is 5.78 Å². The first-order chi connectivity index (χ1) is 13.3. The molecule has 4 rings (SSSR count). The molecule has 0 aliphatic heterocycles. The van der Waals surface area contributed by atoms with Gasteiger partial charge in [0.1, 0.15) is 0 Å². The predicted octanol–water partition coefficient (Wildman–Crippen LogP) is 4.47. The van der Waals surface area contributed by atoms with Gasteiger partial charge in [0.15, 0.2) is 5.16 Å². The summed E-state index contributed by atoms with van der Waals surface area (Å²) in [5.74, 6) is 1.51. The first-order valence-electron chi connectivity index (χ1n) is 9.73. The largest absolute Gasteiger partial charge is 0.268 e. The molecule has 0 atom stereocenters. The van der Waals surface area contributed by atoms with Crippen molar-refractivity contribution in [3.8, 4) is 11.3 Å². The molecule has 0 amide bonds. The molecule has 146 valence electrons. The van der Waals surface area contributed by atoms with E-state index in [0.29, 0.717) is 17.5 Å². The number of fused-ring (bicyclic) bond motifs is 4. The molecule has 0 saturated carbocycles. The van der Waals surface area contributed by atoms with Gasteiger partial charge in [-0.1, -0.05) is 69.0 Å². The Morgan fingerprint density at radius 3 is 2.79 bits per heavy atom. The molecular weight excluding hydrogens is 368 g/mol. The summed E-state index contributed by atoms with van der Waals surface area (Å²) in [5, 5.41) is 5.44. The average Bonchev–Trinajstić information content (AvgIpc) is 2.96. The van der Waals surface area contributed by atoms with Crippen LogP contribution in [0, 0.1) is 0 Å². The molecule has 0 N–H and O–H groups in total. The van der Waals surface area contributed by atoms with E-state index >= 15 is 0 Å². The molecule has 5 nitrogen and oxygen atoms in total. The number of benzene rings is 1. The first-order valence-corrected chi connectivity index (χ1v) is 10.7. The van der Waals surface area contributed by atoms with Crippen LogP contribution in [-0.4, -0.2) is 24.9 Å². The van der Waals surface area contributed by atoms with Gasteiger partial charge >= 0.3 is 0 Å². The first kappa shape index (κ1) is 19.0. The maximum absolute atomic E-state index is 13.7. The summed E-state index contributed by atoms with van der Waals surface area (Å²) in [6.45, 7) is 12.9. The molecule has 0 spiro atoms. The van der Waals surface area contributed by atoms with Crippen LogP contribution < -0.4 is 5.56 Å². The number of rotatable bonds is 5. The lowest BCUT2D eigenvalue weighted by Crippen LogP contribution is -2.36. The van der Waals surface area contributed by atoms with E-state index in [2.05, 4.69) is 45.5 Å². The van der Waals surface area contributed by atoms with Crippen molar-refractivity contribution in [2.24, 2.45) is 0 Å². The quantitative estimate of drug-likeness (QED) is 0.473. The summed E-state index contributed by atoms with van der Waals surface area (Å²) in [6.07, 6.45) is 1.85. The number of thioether (sulfide) groups is 1. The van der Waals surface area contributed by atoms with Crippen LogP contribution in [0.15, 0.2) is 46.4 Å². The molecule has 3 aromatic rings. The highest BCUT2D eigenvalue weighted by molar-refractivity contribution is 7.99. The zero-order valence-electron chi connectivity index (χ0n) is 17.0. The minimum Gasteiger partial charge on any atom is -0.268 e. The van der Waals surface area contributed by atoms with E-state index in [-0.39, 0.29) is 11.0 Å². The molecule has 1 aliphatic rings. The molecule has 1 aromatic carbocycles. The van der Waals surface area contributed by atoms with Crippen LogP contribution in [0.5, 0.6) is 0 Å². The van der Waals surface area contributed by atoms with Crippen molar-refractivity contribution >= 4 is 17.5 Å². The Morgan fingerprint density at radius 1 is 1.32 bits per heavy atom. The van der Waals surface area contributed by atoms with Crippen LogP contribution in [0.1, 0.15) is 45.2 Å². The lowest BCUT2D eigenvalue weighted by atomic mass is 9.72. The predicted molar refractivity (Wildman–Crippen MR) is 115 cm³/mol. The van der Waals surface area contributed by atoms with Gasteiger partial charge in [0, 0.05) is 16.7 Å². The summed E-state index contributed by atoms with van der Waals surface area (Å²) in [5.41, 5.74) is 4.59. The van der Waals surface area contributed by atoms with E-state index in [9.17, 15) is 4.79 Å². The Labute approximate surface area is 169 Å². The highest BCUT2D eigenvalue weighted by atomic mass is 32.2. The zero-order valence-corrected chi connectivity index (χ0v) is 17.8. The van der Waals surface area contributed by atoms with Crippen LogP contribution >= 0.6 is 11.8 Å². The van der Waals surface area contributed by atoms with Crippen molar-refractivity contribution in [1.82, 2.24) is 19.2 Å². The second-order valence-electron chi connectivity index (χ2n) is 8.24. The van der Waals surface area contributed by atoms with Crippen LogP contribution in [0.4, 0.5) is 0 Å². The van der Waals surface area contributed by atoms with Crippen molar-refractivity contribution in [3.63, 3.8) is 0 Å². The number of aromatic nitrogens is 4. The Bertz CT molecular complexity index is 1140. The van der Waals surface area contributed by atoms with E-state index in [1.807, 2.05) is 17.7 Å². The van der Waals surface area contributed by atoms with Gasteiger partial charge in [0.25, 0.3) is 5.56 Å². The van der Waals surface area contributed by atoms with Crippen molar-refractivity contribution in [2.75, 3.05) is 5.75 Å². The fourth-order valence-corrected chi connectivity index (χ4v) is 4.81. The normalized spacial score (nSPS) is 14.7. The third-order valence-electron chi connectivity index (χ3n) is 5.13. The third-order valence-corrected chi connectivity index (χ3v) is 6.27. The monoisotopic (exact) mass is 394 g/mol. The van der Waals surface area contributed by atoms with E-state index in [1.165, 1.54) is 5.56 Å². The fraction of sp³-hybridized carbons (Fsp3) is 0.409. The van der Waals surface area contributed by atoms with Crippen LogP contribution in [0.3, 0.4) is 0 Å². The van der Waals surface area contributed by atoms with E-state index in [4.69, 9.17) is 10.1 Å². The Hall–Kier alpha value is -2.34. The summed E-state index contributed by atoms with van der Waals surface area (Å²) < 4.78 is 3.52. The number of allylic oxidation sites excluding steroid dienone is 1. The summed E-state index contributed by atoms with van der Waals surface area (Å²) in [4.78, 5) is 18.7. The molecule has 0 bridgehead atoms. The zero-order chi connectivity index (χ0) is 20.1. The average molecular weight is 395 g/mol. The second kappa shape index (κ2) is 6.92. The number of hydrogen-bond donors (Lipinski definition) is 0.